The Labute approximate surface area is 152 Å². The SMILES string of the molecule is N#C[C@H]1CCCN(C(=O)c2cccc(S(=O)(=O)N3CCSCC3)c2)C1. The lowest BCUT2D eigenvalue weighted by Gasteiger charge is -2.30. The first-order valence-electron chi connectivity index (χ1n) is 8.39. The molecule has 6 nitrogen and oxygen atoms in total. The average molecular weight is 380 g/mol. The highest BCUT2D eigenvalue weighted by atomic mass is 32.2. The molecule has 0 N–H and O–H groups in total. The van der Waals surface area contributed by atoms with Crippen LogP contribution in [0.4, 0.5) is 0 Å². The Balaban J connectivity index is 1.81. The van der Waals surface area contributed by atoms with Crippen LogP contribution in [0.3, 0.4) is 0 Å². The molecule has 0 unspecified atom stereocenters. The van der Waals surface area contributed by atoms with Crippen molar-refractivity contribution < 1.29 is 13.2 Å². The molecular weight excluding hydrogens is 358 g/mol. The van der Waals surface area contributed by atoms with E-state index in [2.05, 4.69) is 6.07 Å². The quantitative estimate of drug-likeness (QED) is 0.800. The Morgan fingerprint density at radius 1 is 1.24 bits per heavy atom. The van der Waals surface area contributed by atoms with Crippen LogP contribution in [0.1, 0.15) is 23.2 Å². The third-order valence-electron chi connectivity index (χ3n) is 4.58. The minimum absolute atomic E-state index is 0.143. The molecule has 2 aliphatic rings. The van der Waals surface area contributed by atoms with Crippen molar-refractivity contribution in [3.8, 4) is 6.07 Å². The molecule has 0 aromatic heterocycles. The molecular formula is C17H21N3O3S2. The maximum absolute atomic E-state index is 12.8. The summed E-state index contributed by atoms with van der Waals surface area (Å²) in [6, 6.07) is 8.49. The smallest absolute Gasteiger partial charge is 0.253 e. The Morgan fingerprint density at radius 3 is 2.72 bits per heavy atom. The van der Waals surface area contributed by atoms with Gasteiger partial charge in [0.25, 0.3) is 5.91 Å². The average Bonchev–Trinajstić information content (AvgIpc) is 2.68. The highest BCUT2D eigenvalue weighted by Gasteiger charge is 2.28. The molecule has 0 bridgehead atoms. The van der Waals surface area contributed by atoms with Gasteiger partial charge in [-0.1, -0.05) is 6.07 Å². The Hall–Kier alpha value is -1.56. The molecule has 8 heteroatoms. The second kappa shape index (κ2) is 7.77. The number of nitrogens with zero attached hydrogens (tertiary/aromatic N) is 3. The van der Waals surface area contributed by atoms with Crippen molar-refractivity contribution in [2.75, 3.05) is 37.7 Å². The van der Waals surface area contributed by atoms with E-state index in [4.69, 9.17) is 5.26 Å². The molecule has 0 saturated carbocycles. The normalized spacial score (nSPS) is 22.4. The highest BCUT2D eigenvalue weighted by molar-refractivity contribution is 7.99. The fourth-order valence-electron chi connectivity index (χ4n) is 3.18. The van der Waals surface area contributed by atoms with Gasteiger partial charge in [0.1, 0.15) is 0 Å². The van der Waals surface area contributed by atoms with Gasteiger partial charge in [-0.05, 0) is 31.0 Å². The molecule has 25 heavy (non-hydrogen) atoms. The van der Waals surface area contributed by atoms with Gasteiger partial charge in [0.2, 0.25) is 10.0 Å². The largest absolute Gasteiger partial charge is 0.337 e. The first-order chi connectivity index (χ1) is 12.0. The third-order valence-corrected chi connectivity index (χ3v) is 7.42. The molecule has 1 aromatic rings. The van der Waals surface area contributed by atoms with Gasteiger partial charge in [-0.25, -0.2) is 8.42 Å². The number of carbonyl (C=O) groups excluding carboxylic acids is 1. The van der Waals surface area contributed by atoms with Crippen LogP contribution in [-0.4, -0.2) is 61.2 Å². The molecule has 134 valence electrons. The number of rotatable bonds is 3. The minimum atomic E-state index is -3.57. The topological polar surface area (TPSA) is 81.5 Å². The molecule has 3 rings (SSSR count). The van der Waals surface area contributed by atoms with E-state index in [1.807, 2.05) is 0 Å². The Morgan fingerprint density at radius 2 is 2.00 bits per heavy atom. The van der Waals surface area contributed by atoms with Crippen LogP contribution in [0.15, 0.2) is 29.2 Å². The first-order valence-corrected chi connectivity index (χ1v) is 11.0. The predicted octanol–water partition coefficient (Wildman–Crippen LogP) is 1.80. The minimum Gasteiger partial charge on any atom is -0.337 e. The standard InChI is InChI=1S/C17H21N3O3S2/c18-12-14-3-2-6-19(13-14)17(21)15-4-1-5-16(11-15)25(22,23)20-7-9-24-10-8-20/h1,4-5,11,14H,2-3,6-10,13H2/t14-/m1/s1. The molecule has 2 fully saturated rings. The van der Waals surface area contributed by atoms with Crippen LogP contribution in [-0.2, 0) is 10.0 Å². The third kappa shape index (κ3) is 4.00. The lowest BCUT2D eigenvalue weighted by atomic mass is 9.99. The van der Waals surface area contributed by atoms with E-state index in [-0.39, 0.29) is 16.7 Å². The van der Waals surface area contributed by atoms with E-state index < -0.39 is 10.0 Å². The number of carbonyl (C=O) groups is 1. The van der Waals surface area contributed by atoms with Crippen molar-refractivity contribution in [3.05, 3.63) is 29.8 Å². The van der Waals surface area contributed by atoms with Crippen LogP contribution in [0.2, 0.25) is 0 Å². The number of likely N-dealkylation sites (tertiary alicyclic amines) is 1. The number of hydrogen-bond donors (Lipinski definition) is 0. The van der Waals surface area contributed by atoms with E-state index in [1.54, 1.807) is 34.9 Å². The van der Waals surface area contributed by atoms with Gasteiger partial charge in [-0.2, -0.15) is 21.3 Å². The molecule has 0 spiro atoms. The molecule has 1 aromatic carbocycles. The number of thioether (sulfide) groups is 1. The summed E-state index contributed by atoms with van der Waals surface area (Å²) < 4.78 is 27.1. The fourth-order valence-corrected chi connectivity index (χ4v) is 5.80. The summed E-state index contributed by atoms with van der Waals surface area (Å²) in [7, 11) is -3.57. The van der Waals surface area contributed by atoms with Crippen molar-refractivity contribution in [1.29, 1.82) is 5.26 Å². The van der Waals surface area contributed by atoms with Crippen molar-refractivity contribution >= 4 is 27.7 Å². The van der Waals surface area contributed by atoms with Crippen LogP contribution >= 0.6 is 11.8 Å². The summed E-state index contributed by atoms with van der Waals surface area (Å²) in [6.45, 7) is 2.02. The Kier molecular flexibility index (Phi) is 5.67. The maximum Gasteiger partial charge on any atom is 0.253 e. The summed E-state index contributed by atoms with van der Waals surface area (Å²) in [5.74, 6) is 1.24. The van der Waals surface area contributed by atoms with Gasteiger partial charge in [-0.3, -0.25) is 4.79 Å². The van der Waals surface area contributed by atoms with Crippen molar-refractivity contribution in [1.82, 2.24) is 9.21 Å². The van der Waals surface area contributed by atoms with E-state index >= 15 is 0 Å². The fraction of sp³-hybridized carbons (Fsp3) is 0.529. The number of amides is 1. The Bertz CT molecular complexity index is 783. The lowest BCUT2D eigenvalue weighted by molar-refractivity contribution is 0.0698. The summed E-state index contributed by atoms with van der Waals surface area (Å²) in [4.78, 5) is 14.5. The number of hydrogen-bond acceptors (Lipinski definition) is 5. The summed E-state index contributed by atoms with van der Waals surface area (Å²) >= 11 is 1.75. The van der Waals surface area contributed by atoms with Crippen molar-refractivity contribution in [2.24, 2.45) is 5.92 Å². The zero-order valence-corrected chi connectivity index (χ0v) is 15.6. The van der Waals surface area contributed by atoms with Gasteiger partial charge >= 0.3 is 0 Å². The van der Waals surface area contributed by atoms with Crippen molar-refractivity contribution in [3.63, 3.8) is 0 Å². The molecule has 1 amide bonds. The van der Waals surface area contributed by atoms with Crippen LogP contribution in [0, 0.1) is 17.2 Å². The summed E-state index contributed by atoms with van der Waals surface area (Å²) in [6.07, 6.45) is 1.61. The molecule has 1 atom stereocenters. The molecule has 2 saturated heterocycles. The van der Waals surface area contributed by atoms with Crippen LogP contribution < -0.4 is 0 Å². The van der Waals surface area contributed by atoms with Gasteiger partial charge in [-0.15, -0.1) is 0 Å². The van der Waals surface area contributed by atoms with Gasteiger partial charge in [0.05, 0.1) is 16.9 Å². The van der Waals surface area contributed by atoms with E-state index in [1.165, 1.54) is 10.4 Å². The van der Waals surface area contributed by atoms with Gasteiger partial charge < -0.3 is 4.90 Å². The number of nitriles is 1. The zero-order chi connectivity index (χ0) is 17.9. The second-order valence-electron chi connectivity index (χ2n) is 6.26. The number of benzene rings is 1. The molecule has 2 heterocycles. The number of sulfonamides is 1. The highest BCUT2D eigenvalue weighted by Crippen LogP contribution is 2.23. The van der Waals surface area contributed by atoms with E-state index in [0.717, 1.165) is 24.3 Å². The monoisotopic (exact) mass is 379 g/mol. The van der Waals surface area contributed by atoms with E-state index in [9.17, 15) is 13.2 Å². The summed E-state index contributed by atoms with van der Waals surface area (Å²) in [5, 5.41) is 9.08. The van der Waals surface area contributed by atoms with Crippen molar-refractivity contribution in [2.45, 2.75) is 17.7 Å². The van der Waals surface area contributed by atoms with Gasteiger partial charge in [0.15, 0.2) is 0 Å². The predicted molar refractivity (Wildman–Crippen MR) is 96.8 cm³/mol. The zero-order valence-electron chi connectivity index (χ0n) is 13.9. The lowest BCUT2D eigenvalue weighted by Crippen LogP contribution is -2.40. The van der Waals surface area contributed by atoms with E-state index in [0.29, 0.717) is 31.7 Å². The molecule has 0 aliphatic carbocycles. The maximum atomic E-state index is 12.8. The first kappa shape index (κ1) is 18.2. The van der Waals surface area contributed by atoms with Crippen LogP contribution in [0.5, 0.6) is 0 Å². The molecule has 2 aliphatic heterocycles. The van der Waals surface area contributed by atoms with Crippen LogP contribution in [0.25, 0.3) is 0 Å². The molecule has 0 radical (unpaired) electrons. The summed E-state index contributed by atoms with van der Waals surface area (Å²) in [5.41, 5.74) is 0.367. The van der Waals surface area contributed by atoms with Gasteiger partial charge in [0, 0.05) is 43.2 Å². The number of piperidine rings is 1. The second-order valence-corrected chi connectivity index (χ2v) is 9.43.